The summed E-state index contributed by atoms with van der Waals surface area (Å²) >= 11 is 0. The second-order valence-electron chi connectivity index (χ2n) is 4.00. The van der Waals surface area contributed by atoms with Crippen LogP contribution in [0.25, 0.3) is 0 Å². The SMILES string of the molecule is COc1cccc(OC(=O)Nc2cccc([N+](=O)[O-])c2)c1. The highest BCUT2D eigenvalue weighted by molar-refractivity contribution is 5.86. The van der Waals surface area contributed by atoms with Crippen molar-refractivity contribution < 1.29 is 19.2 Å². The van der Waals surface area contributed by atoms with E-state index in [0.717, 1.165) is 0 Å². The van der Waals surface area contributed by atoms with Crippen molar-refractivity contribution >= 4 is 17.5 Å². The molecule has 0 atom stereocenters. The Morgan fingerprint density at radius 3 is 2.57 bits per heavy atom. The number of nitro groups is 1. The van der Waals surface area contributed by atoms with Gasteiger partial charge in [0, 0.05) is 18.2 Å². The van der Waals surface area contributed by atoms with Crippen LogP contribution in [0.5, 0.6) is 11.5 Å². The zero-order valence-electron chi connectivity index (χ0n) is 11.1. The van der Waals surface area contributed by atoms with Gasteiger partial charge in [0.05, 0.1) is 17.7 Å². The summed E-state index contributed by atoms with van der Waals surface area (Å²) in [5.74, 6) is 0.855. The van der Waals surface area contributed by atoms with Crippen LogP contribution in [0.3, 0.4) is 0 Å². The van der Waals surface area contributed by atoms with Crippen LogP contribution < -0.4 is 14.8 Å². The van der Waals surface area contributed by atoms with E-state index < -0.39 is 11.0 Å². The molecule has 1 amide bonds. The van der Waals surface area contributed by atoms with Crippen molar-refractivity contribution in [1.82, 2.24) is 0 Å². The molecule has 0 spiro atoms. The molecule has 2 aromatic rings. The molecule has 108 valence electrons. The van der Waals surface area contributed by atoms with Gasteiger partial charge >= 0.3 is 6.09 Å². The maximum atomic E-state index is 11.7. The molecule has 21 heavy (non-hydrogen) atoms. The fourth-order valence-corrected chi connectivity index (χ4v) is 1.61. The molecule has 0 heterocycles. The van der Waals surface area contributed by atoms with E-state index in [9.17, 15) is 14.9 Å². The Morgan fingerprint density at radius 1 is 1.14 bits per heavy atom. The lowest BCUT2D eigenvalue weighted by molar-refractivity contribution is -0.384. The third-order valence-corrected chi connectivity index (χ3v) is 2.56. The monoisotopic (exact) mass is 288 g/mol. The van der Waals surface area contributed by atoms with E-state index >= 15 is 0 Å². The zero-order valence-corrected chi connectivity index (χ0v) is 11.1. The van der Waals surface area contributed by atoms with Gasteiger partial charge in [-0.1, -0.05) is 12.1 Å². The molecule has 2 rings (SSSR count). The van der Waals surface area contributed by atoms with Gasteiger partial charge in [-0.15, -0.1) is 0 Å². The van der Waals surface area contributed by atoms with E-state index in [1.54, 1.807) is 24.3 Å². The van der Waals surface area contributed by atoms with Gasteiger partial charge in [0.2, 0.25) is 0 Å². The molecule has 1 N–H and O–H groups in total. The van der Waals surface area contributed by atoms with Crippen LogP contribution in [-0.2, 0) is 0 Å². The summed E-state index contributed by atoms with van der Waals surface area (Å²) in [5.41, 5.74) is 0.159. The molecule has 0 aliphatic carbocycles. The molecule has 0 fully saturated rings. The highest BCUT2D eigenvalue weighted by atomic mass is 16.6. The Balaban J connectivity index is 2.04. The Kier molecular flexibility index (Phi) is 4.35. The number of hydrogen-bond donors (Lipinski definition) is 1. The molecule has 0 aromatic heterocycles. The van der Waals surface area contributed by atoms with E-state index in [0.29, 0.717) is 11.5 Å². The molecule has 0 saturated carbocycles. The van der Waals surface area contributed by atoms with E-state index in [1.807, 2.05) is 0 Å². The third kappa shape index (κ3) is 3.93. The van der Waals surface area contributed by atoms with Gasteiger partial charge in [-0.25, -0.2) is 4.79 Å². The standard InChI is InChI=1S/C14H12N2O5/c1-20-12-6-3-7-13(9-12)21-14(17)15-10-4-2-5-11(8-10)16(18)19/h2-9H,1H3,(H,15,17). The van der Waals surface area contributed by atoms with Crippen LogP contribution in [-0.4, -0.2) is 18.1 Å². The smallest absolute Gasteiger partial charge is 0.417 e. The molecular weight excluding hydrogens is 276 g/mol. The highest BCUT2D eigenvalue weighted by Gasteiger charge is 2.09. The Labute approximate surface area is 120 Å². The van der Waals surface area contributed by atoms with Crippen LogP contribution in [0.2, 0.25) is 0 Å². The number of ether oxygens (including phenoxy) is 2. The predicted molar refractivity (Wildman–Crippen MR) is 75.7 cm³/mol. The maximum Gasteiger partial charge on any atom is 0.417 e. The lowest BCUT2D eigenvalue weighted by Gasteiger charge is -2.07. The summed E-state index contributed by atoms with van der Waals surface area (Å²) in [7, 11) is 1.50. The number of amides is 1. The number of hydrogen-bond acceptors (Lipinski definition) is 5. The lowest BCUT2D eigenvalue weighted by atomic mass is 10.3. The molecule has 2 aromatic carbocycles. The van der Waals surface area contributed by atoms with Crippen molar-refractivity contribution in [2.24, 2.45) is 0 Å². The molecule has 0 aliphatic rings. The average molecular weight is 288 g/mol. The van der Waals surface area contributed by atoms with Crippen molar-refractivity contribution in [1.29, 1.82) is 0 Å². The van der Waals surface area contributed by atoms with E-state index in [-0.39, 0.29) is 11.4 Å². The number of nitro benzene ring substituents is 1. The number of carbonyl (C=O) groups excluding carboxylic acids is 1. The second kappa shape index (κ2) is 6.38. The predicted octanol–water partition coefficient (Wildman–Crippen LogP) is 3.21. The normalized spacial score (nSPS) is 9.76. The summed E-state index contributed by atoms with van der Waals surface area (Å²) in [6, 6.07) is 12.1. The number of rotatable bonds is 4. The van der Waals surface area contributed by atoms with E-state index in [4.69, 9.17) is 9.47 Å². The summed E-state index contributed by atoms with van der Waals surface area (Å²) in [5, 5.41) is 13.1. The van der Waals surface area contributed by atoms with Crippen molar-refractivity contribution in [2.45, 2.75) is 0 Å². The molecule has 7 heteroatoms. The molecule has 0 bridgehead atoms. The van der Waals surface area contributed by atoms with Crippen LogP contribution >= 0.6 is 0 Å². The minimum absolute atomic E-state index is 0.116. The van der Waals surface area contributed by atoms with Crippen LogP contribution in [0.4, 0.5) is 16.2 Å². The first-order chi connectivity index (χ1) is 10.1. The first kappa shape index (κ1) is 14.3. The molecule has 0 aliphatic heterocycles. The second-order valence-corrected chi connectivity index (χ2v) is 4.00. The number of anilines is 1. The van der Waals surface area contributed by atoms with Gasteiger partial charge < -0.3 is 9.47 Å². The number of benzene rings is 2. The minimum atomic E-state index is -0.747. The molecule has 0 saturated heterocycles. The summed E-state index contributed by atoms with van der Waals surface area (Å²) < 4.78 is 10.1. The fourth-order valence-electron chi connectivity index (χ4n) is 1.61. The highest BCUT2D eigenvalue weighted by Crippen LogP contribution is 2.20. The quantitative estimate of drug-likeness (QED) is 0.689. The summed E-state index contributed by atoms with van der Waals surface area (Å²) in [6.45, 7) is 0. The van der Waals surface area contributed by atoms with Crippen LogP contribution in [0.15, 0.2) is 48.5 Å². The average Bonchev–Trinajstić information content (AvgIpc) is 2.47. The van der Waals surface area contributed by atoms with Gasteiger partial charge in [-0.3, -0.25) is 15.4 Å². The summed E-state index contributed by atoms with van der Waals surface area (Å²) in [6.07, 6.45) is -0.747. The molecule has 0 radical (unpaired) electrons. The molecule has 0 unspecified atom stereocenters. The Morgan fingerprint density at radius 2 is 1.86 bits per heavy atom. The van der Waals surface area contributed by atoms with Crippen molar-refractivity contribution in [3.63, 3.8) is 0 Å². The third-order valence-electron chi connectivity index (χ3n) is 2.56. The topological polar surface area (TPSA) is 90.7 Å². The number of methoxy groups -OCH3 is 1. The van der Waals surface area contributed by atoms with E-state index in [2.05, 4.69) is 5.32 Å². The van der Waals surface area contributed by atoms with Crippen molar-refractivity contribution in [2.75, 3.05) is 12.4 Å². The number of nitrogens with zero attached hydrogens (tertiary/aromatic N) is 1. The summed E-state index contributed by atoms with van der Waals surface area (Å²) in [4.78, 5) is 21.8. The number of carbonyl (C=O) groups is 1. The number of nitrogens with one attached hydrogen (secondary N) is 1. The van der Waals surface area contributed by atoms with Gasteiger partial charge in [0.25, 0.3) is 5.69 Å². The lowest BCUT2D eigenvalue weighted by Crippen LogP contribution is -2.16. The largest absolute Gasteiger partial charge is 0.497 e. The minimum Gasteiger partial charge on any atom is -0.497 e. The fraction of sp³-hybridized carbons (Fsp3) is 0.0714. The number of non-ortho nitro benzene ring substituents is 1. The Hall–Kier alpha value is -3.09. The first-order valence-corrected chi connectivity index (χ1v) is 5.96. The molecular formula is C14H12N2O5. The van der Waals surface area contributed by atoms with Crippen LogP contribution in [0, 0.1) is 10.1 Å². The molecule has 7 nitrogen and oxygen atoms in total. The Bertz CT molecular complexity index is 672. The van der Waals surface area contributed by atoms with Gasteiger partial charge in [-0.05, 0) is 18.2 Å². The van der Waals surface area contributed by atoms with Gasteiger partial charge in [0.15, 0.2) is 0 Å². The van der Waals surface area contributed by atoms with Crippen molar-refractivity contribution in [3.8, 4) is 11.5 Å². The zero-order chi connectivity index (χ0) is 15.2. The maximum absolute atomic E-state index is 11.7. The van der Waals surface area contributed by atoms with E-state index in [1.165, 1.54) is 31.4 Å². The first-order valence-electron chi connectivity index (χ1n) is 5.96. The van der Waals surface area contributed by atoms with Gasteiger partial charge in [0.1, 0.15) is 11.5 Å². The van der Waals surface area contributed by atoms with Crippen LogP contribution in [0.1, 0.15) is 0 Å². The van der Waals surface area contributed by atoms with Crippen molar-refractivity contribution in [3.05, 3.63) is 58.6 Å². The van der Waals surface area contributed by atoms with Gasteiger partial charge in [-0.2, -0.15) is 0 Å².